The molecule has 0 aromatic heterocycles. The lowest BCUT2D eigenvalue weighted by atomic mass is 10.1. The normalized spacial score (nSPS) is 12.7. The zero-order valence-electron chi connectivity index (χ0n) is 9.36. The number of fused-ring (bicyclic) bond motifs is 1. The summed E-state index contributed by atoms with van der Waals surface area (Å²) in [5.74, 6) is -0.00563. The Morgan fingerprint density at radius 1 is 1.41 bits per heavy atom. The zero-order valence-corrected chi connectivity index (χ0v) is 9.36. The highest BCUT2D eigenvalue weighted by molar-refractivity contribution is 5.97. The zero-order chi connectivity index (χ0) is 12.3. The molecule has 0 bridgehead atoms. The first kappa shape index (κ1) is 11.4. The number of rotatable bonds is 4. The standard InChI is InChI=1S/C12H14N2O3/c13-10(15)4-6-14-12(16)9-3-1-2-8-5-7-17-11(8)9/h1-3H,4-7H2,(H2,13,15)(H,14,16). The molecule has 0 unspecified atom stereocenters. The van der Waals surface area contributed by atoms with E-state index in [1.54, 1.807) is 6.07 Å². The van der Waals surface area contributed by atoms with Crippen molar-refractivity contribution in [2.75, 3.05) is 13.2 Å². The predicted molar refractivity (Wildman–Crippen MR) is 61.8 cm³/mol. The monoisotopic (exact) mass is 234 g/mol. The molecule has 17 heavy (non-hydrogen) atoms. The summed E-state index contributed by atoms with van der Waals surface area (Å²) >= 11 is 0. The molecule has 0 radical (unpaired) electrons. The third kappa shape index (κ3) is 2.55. The van der Waals surface area contributed by atoms with Crippen molar-refractivity contribution < 1.29 is 14.3 Å². The van der Waals surface area contributed by atoms with Gasteiger partial charge >= 0.3 is 0 Å². The van der Waals surface area contributed by atoms with Gasteiger partial charge in [0.05, 0.1) is 12.2 Å². The molecule has 0 saturated heterocycles. The van der Waals surface area contributed by atoms with Crippen LogP contribution < -0.4 is 15.8 Å². The Hall–Kier alpha value is -2.04. The molecule has 90 valence electrons. The Bertz CT molecular complexity index is 457. The number of nitrogens with two attached hydrogens (primary N) is 1. The van der Waals surface area contributed by atoms with E-state index in [2.05, 4.69) is 5.32 Å². The summed E-state index contributed by atoms with van der Waals surface area (Å²) in [7, 11) is 0. The molecular formula is C12H14N2O3. The summed E-state index contributed by atoms with van der Waals surface area (Å²) in [6.45, 7) is 0.860. The van der Waals surface area contributed by atoms with Crippen LogP contribution in [0.2, 0.25) is 0 Å². The van der Waals surface area contributed by atoms with Crippen molar-refractivity contribution in [2.45, 2.75) is 12.8 Å². The summed E-state index contributed by atoms with van der Waals surface area (Å²) < 4.78 is 5.43. The van der Waals surface area contributed by atoms with Crippen molar-refractivity contribution in [1.29, 1.82) is 0 Å². The van der Waals surface area contributed by atoms with Gasteiger partial charge in [-0.15, -0.1) is 0 Å². The van der Waals surface area contributed by atoms with Crippen molar-refractivity contribution in [3.8, 4) is 5.75 Å². The number of nitrogens with one attached hydrogen (secondary N) is 1. The van der Waals surface area contributed by atoms with Crippen LogP contribution in [0.5, 0.6) is 5.75 Å². The number of carbonyl (C=O) groups is 2. The van der Waals surface area contributed by atoms with Crippen LogP contribution in [0.4, 0.5) is 0 Å². The number of ether oxygens (including phenoxy) is 1. The maximum absolute atomic E-state index is 11.8. The molecule has 0 saturated carbocycles. The third-order valence-corrected chi connectivity index (χ3v) is 2.62. The van der Waals surface area contributed by atoms with E-state index in [0.717, 1.165) is 12.0 Å². The molecule has 1 heterocycles. The highest BCUT2D eigenvalue weighted by Gasteiger charge is 2.19. The van der Waals surface area contributed by atoms with Gasteiger partial charge < -0.3 is 15.8 Å². The van der Waals surface area contributed by atoms with Gasteiger partial charge in [-0.1, -0.05) is 12.1 Å². The largest absolute Gasteiger partial charge is 0.492 e. The molecular weight excluding hydrogens is 220 g/mol. The minimum Gasteiger partial charge on any atom is -0.492 e. The third-order valence-electron chi connectivity index (χ3n) is 2.62. The highest BCUT2D eigenvalue weighted by Crippen LogP contribution is 2.29. The second-order valence-corrected chi connectivity index (χ2v) is 3.86. The number of hydrogen-bond acceptors (Lipinski definition) is 3. The number of amides is 2. The van der Waals surface area contributed by atoms with E-state index in [1.165, 1.54) is 0 Å². The topological polar surface area (TPSA) is 81.4 Å². The quantitative estimate of drug-likeness (QED) is 0.782. The van der Waals surface area contributed by atoms with Gasteiger partial charge in [0, 0.05) is 19.4 Å². The molecule has 0 atom stereocenters. The molecule has 2 rings (SSSR count). The summed E-state index contributed by atoms with van der Waals surface area (Å²) in [4.78, 5) is 22.4. The maximum Gasteiger partial charge on any atom is 0.255 e. The number of primary amides is 1. The van der Waals surface area contributed by atoms with E-state index in [1.807, 2.05) is 12.1 Å². The maximum atomic E-state index is 11.8. The van der Waals surface area contributed by atoms with Crippen molar-refractivity contribution in [2.24, 2.45) is 5.73 Å². The second kappa shape index (κ2) is 4.86. The van der Waals surface area contributed by atoms with Crippen molar-refractivity contribution >= 4 is 11.8 Å². The lowest BCUT2D eigenvalue weighted by Gasteiger charge is -2.08. The highest BCUT2D eigenvalue weighted by atomic mass is 16.5. The van der Waals surface area contributed by atoms with Crippen LogP contribution in [0.15, 0.2) is 18.2 Å². The first-order chi connectivity index (χ1) is 8.18. The van der Waals surface area contributed by atoms with Crippen molar-refractivity contribution in [3.05, 3.63) is 29.3 Å². The molecule has 1 aliphatic rings. The minimum atomic E-state index is -0.431. The van der Waals surface area contributed by atoms with Gasteiger partial charge in [-0.2, -0.15) is 0 Å². The lowest BCUT2D eigenvalue weighted by Crippen LogP contribution is -2.28. The molecule has 1 aromatic rings. The minimum absolute atomic E-state index is 0.140. The van der Waals surface area contributed by atoms with Gasteiger partial charge in [-0.05, 0) is 11.6 Å². The summed E-state index contributed by atoms with van der Waals surface area (Å²) in [5, 5.41) is 2.64. The molecule has 1 aromatic carbocycles. The van der Waals surface area contributed by atoms with Crippen LogP contribution >= 0.6 is 0 Å². The predicted octanol–water partition coefficient (Wildman–Crippen LogP) is 0.227. The smallest absolute Gasteiger partial charge is 0.255 e. The first-order valence-electron chi connectivity index (χ1n) is 5.49. The van der Waals surface area contributed by atoms with E-state index in [9.17, 15) is 9.59 Å². The van der Waals surface area contributed by atoms with Crippen LogP contribution in [-0.2, 0) is 11.2 Å². The molecule has 1 aliphatic heterocycles. The van der Waals surface area contributed by atoms with Crippen LogP contribution in [0.3, 0.4) is 0 Å². The second-order valence-electron chi connectivity index (χ2n) is 3.86. The fourth-order valence-corrected chi connectivity index (χ4v) is 1.79. The van der Waals surface area contributed by atoms with Crippen LogP contribution in [-0.4, -0.2) is 25.0 Å². The van der Waals surface area contributed by atoms with Crippen molar-refractivity contribution in [1.82, 2.24) is 5.32 Å². The van der Waals surface area contributed by atoms with Crippen molar-refractivity contribution in [3.63, 3.8) is 0 Å². The first-order valence-corrected chi connectivity index (χ1v) is 5.49. The Balaban J connectivity index is 2.05. The Labute approximate surface area is 98.9 Å². The average molecular weight is 234 g/mol. The van der Waals surface area contributed by atoms with E-state index >= 15 is 0 Å². The molecule has 0 spiro atoms. The molecule has 0 aliphatic carbocycles. The molecule has 5 nitrogen and oxygen atoms in total. The van der Waals surface area contributed by atoms with E-state index < -0.39 is 5.91 Å². The van der Waals surface area contributed by atoms with E-state index in [-0.39, 0.29) is 18.9 Å². The van der Waals surface area contributed by atoms with Gasteiger partial charge in [-0.25, -0.2) is 0 Å². The molecule has 5 heteroatoms. The number of para-hydroxylation sites is 1. The Morgan fingerprint density at radius 2 is 2.24 bits per heavy atom. The Kier molecular flexibility index (Phi) is 3.27. The van der Waals surface area contributed by atoms with Gasteiger partial charge in [-0.3, -0.25) is 9.59 Å². The summed E-state index contributed by atoms with van der Waals surface area (Å²) in [6, 6.07) is 5.49. The fourth-order valence-electron chi connectivity index (χ4n) is 1.79. The lowest BCUT2D eigenvalue weighted by molar-refractivity contribution is -0.117. The van der Waals surface area contributed by atoms with Gasteiger partial charge in [0.25, 0.3) is 5.91 Å². The van der Waals surface area contributed by atoms with Crippen LogP contribution in [0.1, 0.15) is 22.3 Å². The molecule has 0 fully saturated rings. The summed E-state index contributed by atoms with van der Waals surface area (Å²) in [5.41, 5.74) is 6.56. The molecule has 2 amide bonds. The van der Waals surface area contributed by atoms with E-state index in [0.29, 0.717) is 17.9 Å². The fraction of sp³-hybridized carbons (Fsp3) is 0.333. The van der Waals surface area contributed by atoms with Gasteiger partial charge in [0.2, 0.25) is 5.91 Å². The van der Waals surface area contributed by atoms with Crippen LogP contribution in [0, 0.1) is 0 Å². The van der Waals surface area contributed by atoms with E-state index in [4.69, 9.17) is 10.5 Å². The Morgan fingerprint density at radius 3 is 3.00 bits per heavy atom. The SMILES string of the molecule is NC(=O)CCNC(=O)c1cccc2c1OCC2. The average Bonchev–Trinajstić information content (AvgIpc) is 2.75. The summed E-state index contributed by atoms with van der Waals surface area (Å²) in [6.07, 6.45) is 0.972. The van der Waals surface area contributed by atoms with Gasteiger partial charge in [0.15, 0.2) is 0 Å². The van der Waals surface area contributed by atoms with Crippen LogP contribution in [0.25, 0.3) is 0 Å². The number of benzene rings is 1. The molecule has 3 N–H and O–H groups in total. The number of carbonyl (C=O) groups excluding carboxylic acids is 2. The van der Waals surface area contributed by atoms with Gasteiger partial charge in [0.1, 0.15) is 5.75 Å². The number of hydrogen-bond donors (Lipinski definition) is 2.